The van der Waals surface area contributed by atoms with Crippen molar-refractivity contribution in [2.75, 3.05) is 13.2 Å². The van der Waals surface area contributed by atoms with Crippen LogP contribution in [0.2, 0.25) is 0 Å². The molecule has 0 spiro atoms. The maximum Gasteiger partial charge on any atom is 0.306 e. The van der Waals surface area contributed by atoms with Gasteiger partial charge in [-0.05, 0) is 37.0 Å². The molecule has 51 heavy (non-hydrogen) atoms. The predicted molar refractivity (Wildman–Crippen MR) is 215 cm³/mol. The van der Waals surface area contributed by atoms with E-state index in [4.69, 9.17) is 14.2 Å². The highest BCUT2D eigenvalue weighted by Crippen LogP contribution is 2.17. The molecule has 0 aliphatic rings. The molecule has 6 heteroatoms. The van der Waals surface area contributed by atoms with Crippen molar-refractivity contribution in [3.8, 4) is 0 Å². The molecule has 3 atom stereocenters. The van der Waals surface area contributed by atoms with Crippen LogP contribution in [-0.4, -0.2) is 37.2 Å². The van der Waals surface area contributed by atoms with Crippen LogP contribution >= 0.6 is 0 Å². The van der Waals surface area contributed by atoms with E-state index in [2.05, 4.69) is 41.5 Å². The molecule has 0 rings (SSSR count). The molecular formula is C45H86O6. The zero-order valence-corrected chi connectivity index (χ0v) is 34.9. The molecule has 0 saturated heterocycles. The summed E-state index contributed by atoms with van der Waals surface area (Å²) in [5.41, 5.74) is 0. The van der Waals surface area contributed by atoms with Gasteiger partial charge in [-0.25, -0.2) is 0 Å². The Balaban J connectivity index is 4.37. The highest BCUT2D eigenvalue weighted by atomic mass is 16.6. The van der Waals surface area contributed by atoms with Crippen molar-refractivity contribution in [1.82, 2.24) is 0 Å². The van der Waals surface area contributed by atoms with Gasteiger partial charge in [0.05, 0.1) is 0 Å². The first-order valence-corrected chi connectivity index (χ1v) is 22.2. The van der Waals surface area contributed by atoms with Crippen LogP contribution in [0.1, 0.15) is 234 Å². The van der Waals surface area contributed by atoms with E-state index < -0.39 is 6.10 Å². The van der Waals surface area contributed by atoms with Crippen LogP contribution in [0.5, 0.6) is 0 Å². The maximum absolute atomic E-state index is 12.7. The van der Waals surface area contributed by atoms with E-state index >= 15 is 0 Å². The second kappa shape index (κ2) is 36.8. The molecule has 0 radical (unpaired) electrons. The minimum Gasteiger partial charge on any atom is -0.462 e. The molecule has 0 heterocycles. The molecule has 0 aromatic rings. The van der Waals surface area contributed by atoms with E-state index in [1.807, 2.05) is 0 Å². The Bertz CT molecular complexity index is 796. The Hall–Kier alpha value is -1.59. The van der Waals surface area contributed by atoms with Crippen molar-refractivity contribution >= 4 is 17.9 Å². The van der Waals surface area contributed by atoms with Crippen LogP contribution in [0, 0.1) is 17.8 Å². The van der Waals surface area contributed by atoms with Gasteiger partial charge < -0.3 is 14.2 Å². The summed E-state index contributed by atoms with van der Waals surface area (Å²) in [4.78, 5) is 37.6. The van der Waals surface area contributed by atoms with Crippen LogP contribution in [0.15, 0.2) is 0 Å². The molecule has 0 aliphatic heterocycles. The van der Waals surface area contributed by atoms with Gasteiger partial charge in [0, 0.05) is 19.3 Å². The number of esters is 3. The van der Waals surface area contributed by atoms with Gasteiger partial charge in [-0.1, -0.05) is 196 Å². The van der Waals surface area contributed by atoms with Crippen LogP contribution in [0.4, 0.5) is 0 Å². The third-order valence-corrected chi connectivity index (χ3v) is 10.6. The first-order valence-electron chi connectivity index (χ1n) is 22.2. The Morgan fingerprint density at radius 1 is 0.392 bits per heavy atom. The number of carbonyl (C=O) groups excluding carboxylic acids is 3. The quantitative estimate of drug-likeness (QED) is 0.0359. The molecule has 302 valence electrons. The van der Waals surface area contributed by atoms with E-state index in [1.165, 1.54) is 116 Å². The molecule has 0 N–H and O–H groups in total. The lowest BCUT2D eigenvalue weighted by molar-refractivity contribution is -0.167. The second-order valence-corrected chi connectivity index (χ2v) is 16.3. The molecule has 0 aromatic carbocycles. The minimum atomic E-state index is -0.762. The van der Waals surface area contributed by atoms with E-state index in [1.54, 1.807) is 0 Å². The average Bonchev–Trinajstić information content (AvgIpc) is 3.11. The number of hydrogen-bond acceptors (Lipinski definition) is 6. The minimum absolute atomic E-state index is 0.0675. The van der Waals surface area contributed by atoms with Crippen LogP contribution < -0.4 is 0 Å². The maximum atomic E-state index is 12.7. The zero-order chi connectivity index (χ0) is 37.8. The lowest BCUT2D eigenvalue weighted by Crippen LogP contribution is -2.30. The molecule has 2 unspecified atom stereocenters. The second-order valence-electron chi connectivity index (χ2n) is 16.3. The SMILES string of the molecule is CCC(C)CCCCCCCCCCC(=O)OC[C@@H](COC(=O)CCCCCCCCC(C)C)OC(=O)CCCCCCCCCCC(C)CC. The van der Waals surface area contributed by atoms with Gasteiger partial charge in [0.15, 0.2) is 6.10 Å². The van der Waals surface area contributed by atoms with E-state index in [9.17, 15) is 14.4 Å². The zero-order valence-electron chi connectivity index (χ0n) is 34.9. The number of hydrogen-bond donors (Lipinski definition) is 0. The topological polar surface area (TPSA) is 78.9 Å². The van der Waals surface area contributed by atoms with Crippen molar-refractivity contribution in [2.45, 2.75) is 240 Å². The van der Waals surface area contributed by atoms with Crippen LogP contribution in [0.3, 0.4) is 0 Å². The standard InChI is InChI=1S/C45H86O6/c1-7-40(5)32-26-20-13-9-11-15-22-28-34-43(46)49-37-42(38-50-44(47)35-29-23-18-17-19-25-31-39(3)4)51-45(48)36-30-24-16-12-10-14-21-27-33-41(6)8-2/h39-42H,7-38H2,1-6H3/t40?,41?,42-/m0/s1. The van der Waals surface area contributed by atoms with Crippen LogP contribution in [-0.2, 0) is 28.6 Å². The Kier molecular flexibility index (Phi) is 35.6. The lowest BCUT2D eigenvalue weighted by atomic mass is 9.99. The van der Waals surface area contributed by atoms with Gasteiger partial charge in [-0.3, -0.25) is 14.4 Å². The summed E-state index contributed by atoms with van der Waals surface area (Å²) < 4.78 is 16.7. The van der Waals surface area contributed by atoms with Crippen molar-refractivity contribution in [2.24, 2.45) is 17.8 Å². The van der Waals surface area contributed by atoms with Crippen molar-refractivity contribution in [3.63, 3.8) is 0 Å². The number of carbonyl (C=O) groups is 3. The first-order chi connectivity index (χ1) is 24.7. The third-order valence-electron chi connectivity index (χ3n) is 10.6. The van der Waals surface area contributed by atoms with Gasteiger partial charge in [0.2, 0.25) is 0 Å². The van der Waals surface area contributed by atoms with Crippen molar-refractivity contribution in [1.29, 1.82) is 0 Å². The lowest BCUT2D eigenvalue weighted by Gasteiger charge is -2.18. The summed E-state index contributed by atoms with van der Waals surface area (Å²) in [6.45, 7) is 13.6. The summed E-state index contributed by atoms with van der Waals surface area (Å²) in [6, 6.07) is 0. The van der Waals surface area contributed by atoms with Crippen molar-refractivity contribution < 1.29 is 28.6 Å². The molecule has 0 aromatic heterocycles. The molecule has 0 saturated carbocycles. The molecule has 0 aliphatic carbocycles. The fraction of sp³-hybridized carbons (Fsp3) is 0.933. The summed E-state index contributed by atoms with van der Waals surface area (Å²) in [6.07, 6.45) is 32.3. The van der Waals surface area contributed by atoms with Gasteiger partial charge in [0.1, 0.15) is 13.2 Å². The molecule has 0 bridgehead atoms. The van der Waals surface area contributed by atoms with E-state index in [-0.39, 0.29) is 31.1 Å². The number of unbranched alkanes of at least 4 members (excludes halogenated alkanes) is 19. The number of rotatable bonds is 38. The normalized spacial score (nSPS) is 13.2. The van der Waals surface area contributed by atoms with Gasteiger partial charge in [-0.2, -0.15) is 0 Å². The van der Waals surface area contributed by atoms with Crippen LogP contribution in [0.25, 0.3) is 0 Å². The monoisotopic (exact) mass is 723 g/mol. The molecule has 6 nitrogen and oxygen atoms in total. The fourth-order valence-corrected chi connectivity index (χ4v) is 6.46. The van der Waals surface area contributed by atoms with Gasteiger partial charge in [-0.15, -0.1) is 0 Å². The average molecular weight is 723 g/mol. The van der Waals surface area contributed by atoms with Gasteiger partial charge >= 0.3 is 17.9 Å². The molecule has 0 fully saturated rings. The summed E-state index contributed by atoms with van der Waals surface area (Å²) in [7, 11) is 0. The number of ether oxygens (including phenoxy) is 3. The van der Waals surface area contributed by atoms with E-state index in [0.29, 0.717) is 19.3 Å². The van der Waals surface area contributed by atoms with Gasteiger partial charge in [0.25, 0.3) is 0 Å². The Morgan fingerprint density at radius 3 is 1.02 bits per heavy atom. The molecule has 0 amide bonds. The Morgan fingerprint density at radius 2 is 0.686 bits per heavy atom. The highest BCUT2D eigenvalue weighted by Gasteiger charge is 2.19. The smallest absolute Gasteiger partial charge is 0.306 e. The summed E-state index contributed by atoms with van der Waals surface area (Å²) in [5, 5.41) is 0. The molecular weight excluding hydrogens is 636 g/mol. The highest BCUT2D eigenvalue weighted by molar-refractivity contribution is 5.71. The fourth-order valence-electron chi connectivity index (χ4n) is 6.46. The predicted octanol–water partition coefficient (Wildman–Crippen LogP) is 13.7. The largest absolute Gasteiger partial charge is 0.462 e. The first kappa shape index (κ1) is 49.4. The Labute approximate surface area is 317 Å². The summed E-state index contributed by atoms with van der Waals surface area (Å²) >= 11 is 0. The van der Waals surface area contributed by atoms with E-state index in [0.717, 1.165) is 75.5 Å². The third kappa shape index (κ3) is 36.6. The van der Waals surface area contributed by atoms with Crippen molar-refractivity contribution in [3.05, 3.63) is 0 Å². The summed E-state index contributed by atoms with van der Waals surface area (Å²) in [5.74, 6) is 1.59.